The maximum atomic E-state index is 10.6. The van der Waals surface area contributed by atoms with Crippen LogP contribution in [-0.4, -0.2) is 24.7 Å². The summed E-state index contributed by atoms with van der Waals surface area (Å²) in [6.07, 6.45) is 0. The first kappa shape index (κ1) is 15.6. The summed E-state index contributed by atoms with van der Waals surface area (Å²) in [6, 6.07) is 4.46. The average molecular weight is 285 g/mol. The Kier molecular flexibility index (Phi) is 6.49. The second-order valence-electron chi connectivity index (χ2n) is 4.22. The van der Waals surface area contributed by atoms with E-state index in [-0.39, 0.29) is 5.69 Å². The van der Waals surface area contributed by atoms with E-state index in [0.717, 1.165) is 11.1 Å². The number of nitrogens with one attached hydrogen (secondary N) is 1. The van der Waals surface area contributed by atoms with Crippen LogP contribution in [0.25, 0.3) is 0 Å². The molecule has 0 amide bonds. The fourth-order valence-corrected chi connectivity index (χ4v) is 1.65. The van der Waals surface area contributed by atoms with Crippen LogP contribution in [0.3, 0.4) is 0 Å². The Morgan fingerprint density at radius 2 is 2.32 bits per heavy atom. The van der Waals surface area contributed by atoms with Crippen molar-refractivity contribution in [3.63, 3.8) is 0 Å². The van der Waals surface area contributed by atoms with E-state index in [0.29, 0.717) is 31.3 Å². The van der Waals surface area contributed by atoms with Crippen molar-refractivity contribution in [3.05, 3.63) is 51.1 Å². The highest BCUT2D eigenvalue weighted by molar-refractivity contribution is 6.31. The molecule has 0 radical (unpaired) electrons. The van der Waals surface area contributed by atoms with E-state index >= 15 is 0 Å². The number of hydrogen-bond acceptors (Lipinski definition) is 4. The molecule has 1 aromatic rings. The first-order chi connectivity index (χ1) is 9.00. The molecule has 19 heavy (non-hydrogen) atoms. The number of non-ortho nitro benzene ring substituents is 1. The van der Waals surface area contributed by atoms with Gasteiger partial charge in [-0.1, -0.05) is 23.8 Å². The van der Waals surface area contributed by atoms with Crippen molar-refractivity contribution in [2.45, 2.75) is 13.5 Å². The van der Waals surface area contributed by atoms with Crippen molar-refractivity contribution in [2.24, 2.45) is 0 Å². The smallest absolute Gasteiger partial charge is 0.270 e. The third kappa shape index (κ3) is 5.83. The molecule has 0 spiro atoms. The van der Waals surface area contributed by atoms with E-state index in [2.05, 4.69) is 11.9 Å². The van der Waals surface area contributed by atoms with Crippen LogP contribution in [0.4, 0.5) is 5.69 Å². The van der Waals surface area contributed by atoms with Crippen molar-refractivity contribution >= 4 is 17.3 Å². The highest BCUT2D eigenvalue weighted by Crippen LogP contribution is 2.22. The van der Waals surface area contributed by atoms with Crippen LogP contribution in [-0.2, 0) is 11.3 Å². The highest BCUT2D eigenvalue weighted by Gasteiger charge is 2.08. The molecule has 0 bridgehead atoms. The topological polar surface area (TPSA) is 64.4 Å². The van der Waals surface area contributed by atoms with Gasteiger partial charge in [0.25, 0.3) is 5.69 Å². The van der Waals surface area contributed by atoms with Gasteiger partial charge >= 0.3 is 0 Å². The minimum Gasteiger partial charge on any atom is -0.376 e. The summed E-state index contributed by atoms with van der Waals surface area (Å²) < 4.78 is 5.33. The summed E-state index contributed by atoms with van der Waals surface area (Å²) in [5, 5.41) is 14.1. The van der Waals surface area contributed by atoms with E-state index < -0.39 is 4.92 Å². The summed E-state index contributed by atoms with van der Waals surface area (Å²) >= 11 is 5.97. The van der Waals surface area contributed by atoms with Crippen LogP contribution in [0.5, 0.6) is 0 Å². The van der Waals surface area contributed by atoms with Gasteiger partial charge in [-0.2, -0.15) is 0 Å². The van der Waals surface area contributed by atoms with Crippen LogP contribution >= 0.6 is 11.6 Å². The highest BCUT2D eigenvalue weighted by atomic mass is 35.5. The molecule has 0 aliphatic carbocycles. The van der Waals surface area contributed by atoms with Crippen LogP contribution in [0.2, 0.25) is 5.02 Å². The lowest BCUT2D eigenvalue weighted by Gasteiger charge is -2.07. The number of nitro benzene ring substituents is 1. The molecule has 0 unspecified atom stereocenters. The minimum absolute atomic E-state index is 0.00135. The van der Waals surface area contributed by atoms with Crippen LogP contribution < -0.4 is 5.32 Å². The van der Waals surface area contributed by atoms with Crippen LogP contribution in [0, 0.1) is 10.1 Å². The van der Waals surface area contributed by atoms with E-state index in [1.807, 2.05) is 6.92 Å². The maximum absolute atomic E-state index is 10.6. The molecule has 0 heterocycles. The summed E-state index contributed by atoms with van der Waals surface area (Å²) in [6.45, 7) is 8.01. The maximum Gasteiger partial charge on any atom is 0.270 e. The molecular weight excluding hydrogens is 268 g/mol. The predicted octanol–water partition coefficient (Wildman–Crippen LogP) is 2.93. The molecule has 5 nitrogen and oxygen atoms in total. The lowest BCUT2D eigenvalue weighted by Crippen LogP contribution is -2.19. The summed E-state index contributed by atoms with van der Waals surface area (Å²) in [5.41, 5.74) is 1.81. The lowest BCUT2D eigenvalue weighted by molar-refractivity contribution is -0.384. The zero-order valence-corrected chi connectivity index (χ0v) is 11.6. The second-order valence-corrected chi connectivity index (χ2v) is 4.63. The van der Waals surface area contributed by atoms with Gasteiger partial charge in [0, 0.05) is 25.2 Å². The Labute approximate surface area is 117 Å². The quantitative estimate of drug-likeness (QED) is 0.345. The number of ether oxygens (including phenoxy) is 1. The second kappa shape index (κ2) is 7.89. The van der Waals surface area contributed by atoms with Crippen LogP contribution in [0.15, 0.2) is 30.4 Å². The zero-order valence-electron chi connectivity index (χ0n) is 10.8. The van der Waals surface area contributed by atoms with Gasteiger partial charge in [0.15, 0.2) is 0 Å². The summed E-state index contributed by atoms with van der Waals surface area (Å²) in [7, 11) is 0. The normalized spacial score (nSPS) is 10.4. The third-order valence-electron chi connectivity index (χ3n) is 2.33. The van der Waals surface area contributed by atoms with Crippen molar-refractivity contribution in [3.8, 4) is 0 Å². The standard InChI is InChI=1S/C13H17ClN2O3/c1-10(2)9-19-6-5-15-8-11-3-4-12(16(17)18)7-13(11)14/h3-4,7,15H,1,5-6,8-9H2,2H3. The molecule has 0 aromatic heterocycles. The Morgan fingerprint density at radius 1 is 1.58 bits per heavy atom. The van der Waals surface area contributed by atoms with Crippen molar-refractivity contribution in [1.82, 2.24) is 5.32 Å². The largest absolute Gasteiger partial charge is 0.376 e. The first-order valence-electron chi connectivity index (χ1n) is 5.86. The van der Waals surface area contributed by atoms with E-state index in [1.165, 1.54) is 12.1 Å². The van der Waals surface area contributed by atoms with Gasteiger partial charge in [0.2, 0.25) is 0 Å². The third-order valence-corrected chi connectivity index (χ3v) is 2.69. The molecular formula is C13H17ClN2O3. The van der Waals surface area contributed by atoms with Gasteiger partial charge in [-0.3, -0.25) is 10.1 Å². The molecule has 104 valence electrons. The van der Waals surface area contributed by atoms with Gasteiger partial charge in [0.05, 0.1) is 23.2 Å². The van der Waals surface area contributed by atoms with Crippen molar-refractivity contribution in [1.29, 1.82) is 0 Å². The SMILES string of the molecule is C=C(C)COCCNCc1ccc([N+](=O)[O-])cc1Cl. The Morgan fingerprint density at radius 3 is 2.89 bits per heavy atom. The first-order valence-corrected chi connectivity index (χ1v) is 6.24. The zero-order chi connectivity index (χ0) is 14.3. The van der Waals surface area contributed by atoms with Gasteiger partial charge < -0.3 is 10.1 Å². The molecule has 0 fully saturated rings. The molecule has 0 atom stereocenters. The monoisotopic (exact) mass is 284 g/mol. The Balaban J connectivity index is 2.33. The number of halogens is 1. The Hall–Kier alpha value is -1.43. The molecule has 0 saturated heterocycles. The van der Waals surface area contributed by atoms with Gasteiger partial charge in [0.1, 0.15) is 0 Å². The fourth-order valence-electron chi connectivity index (χ4n) is 1.41. The van der Waals surface area contributed by atoms with Gasteiger partial charge in [-0.25, -0.2) is 0 Å². The van der Waals surface area contributed by atoms with Crippen molar-refractivity contribution < 1.29 is 9.66 Å². The molecule has 6 heteroatoms. The van der Waals surface area contributed by atoms with E-state index in [9.17, 15) is 10.1 Å². The van der Waals surface area contributed by atoms with Gasteiger partial charge in [-0.05, 0) is 18.6 Å². The molecule has 1 N–H and O–H groups in total. The van der Waals surface area contributed by atoms with Crippen LogP contribution in [0.1, 0.15) is 12.5 Å². The number of hydrogen-bond donors (Lipinski definition) is 1. The predicted molar refractivity (Wildman–Crippen MR) is 75.4 cm³/mol. The number of nitrogens with zero attached hydrogens (tertiary/aromatic N) is 1. The summed E-state index contributed by atoms with van der Waals surface area (Å²) in [5.74, 6) is 0. The molecule has 0 saturated carbocycles. The Bertz CT molecular complexity index is 463. The van der Waals surface area contributed by atoms with E-state index in [4.69, 9.17) is 16.3 Å². The number of benzene rings is 1. The van der Waals surface area contributed by atoms with Crippen molar-refractivity contribution in [2.75, 3.05) is 19.8 Å². The molecule has 1 aromatic carbocycles. The number of rotatable bonds is 8. The molecule has 0 aliphatic heterocycles. The van der Waals surface area contributed by atoms with E-state index in [1.54, 1.807) is 6.07 Å². The van der Waals surface area contributed by atoms with Gasteiger partial charge in [-0.15, -0.1) is 0 Å². The summed E-state index contributed by atoms with van der Waals surface area (Å²) in [4.78, 5) is 10.1. The number of nitro groups is 1. The molecule has 0 aliphatic rings. The fraction of sp³-hybridized carbons (Fsp3) is 0.385. The minimum atomic E-state index is -0.464. The molecule has 1 rings (SSSR count). The lowest BCUT2D eigenvalue weighted by atomic mass is 10.2. The average Bonchev–Trinajstić information content (AvgIpc) is 2.34.